The maximum absolute atomic E-state index is 11.7. The predicted molar refractivity (Wildman–Crippen MR) is 64.5 cm³/mol. The summed E-state index contributed by atoms with van der Waals surface area (Å²) in [6.07, 6.45) is 0. The first-order valence-corrected chi connectivity index (χ1v) is 5.14. The monoisotopic (exact) mass is 233 g/mol. The third-order valence-electron chi connectivity index (χ3n) is 2.19. The number of benzene rings is 1. The van der Waals surface area contributed by atoms with Crippen molar-refractivity contribution in [2.24, 2.45) is 5.11 Å². The standard InChI is InChI=1S/C12H15N3O2/c1-8(2)11(15-13)12(17)14-10-5-3-9(7-16)4-6-10/h3-6,13,16H,7H2,1-2H3,(H,14,17). The van der Waals surface area contributed by atoms with Crippen LogP contribution in [0, 0.1) is 5.53 Å². The van der Waals surface area contributed by atoms with Crippen LogP contribution in [0.1, 0.15) is 19.4 Å². The summed E-state index contributed by atoms with van der Waals surface area (Å²) in [5.41, 5.74) is 9.10. The SMILES string of the molecule is CC(C)=C(N=N)C(=O)Nc1ccc(CO)cc1. The Bertz CT molecular complexity index is 445. The van der Waals surface area contributed by atoms with Crippen LogP contribution in [0.4, 0.5) is 5.69 Å². The molecule has 1 aromatic carbocycles. The van der Waals surface area contributed by atoms with E-state index in [2.05, 4.69) is 10.4 Å². The largest absolute Gasteiger partial charge is 0.392 e. The predicted octanol–water partition coefficient (Wildman–Crippen LogP) is 2.44. The minimum absolute atomic E-state index is 0.0322. The van der Waals surface area contributed by atoms with E-state index in [1.54, 1.807) is 38.1 Å². The van der Waals surface area contributed by atoms with Crippen LogP contribution < -0.4 is 5.32 Å². The van der Waals surface area contributed by atoms with E-state index in [-0.39, 0.29) is 12.3 Å². The van der Waals surface area contributed by atoms with Crippen LogP contribution in [0.25, 0.3) is 0 Å². The van der Waals surface area contributed by atoms with Gasteiger partial charge in [-0.05, 0) is 37.1 Å². The summed E-state index contributed by atoms with van der Waals surface area (Å²) in [5.74, 6) is -0.406. The lowest BCUT2D eigenvalue weighted by molar-refractivity contribution is -0.113. The number of amides is 1. The van der Waals surface area contributed by atoms with Crippen LogP contribution in [0.15, 0.2) is 40.6 Å². The first kappa shape index (κ1) is 13.1. The summed E-state index contributed by atoms with van der Waals surface area (Å²) >= 11 is 0. The Labute approximate surface area is 99.7 Å². The van der Waals surface area contributed by atoms with E-state index in [0.717, 1.165) is 5.56 Å². The molecule has 0 aliphatic rings. The number of carbonyl (C=O) groups is 1. The van der Waals surface area contributed by atoms with Gasteiger partial charge in [0.1, 0.15) is 5.70 Å². The number of nitrogens with zero attached hydrogens (tertiary/aromatic N) is 1. The van der Waals surface area contributed by atoms with Gasteiger partial charge >= 0.3 is 0 Å². The second-order valence-electron chi connectivity index (χ2n) is 3.77. The molecule has 0 spiro atoms. The second kappa shape index (κ2) is 5.91. The van der Waals surface area contributed by atoms with Crippen LogP contribution in [-0.4, -0.2) is 11.0 Å². The summed E-state index contributed by atoms with van der Waals surface area (Å²) < 4.78 is 0. The van der Waals surface area contributed by atoms with Crippen molar-refractivity contribution in [2.75, 3.05) is 5.32 Å². The molecule has 0 unspecified atom stereocenters. The van der Waals surface area contributed by atoms with Crippen LogP contribution >= 0.6 is 0 Å². The fourth-order valence-electron chi connectivity index (χ4n) is 1.27. The van der Waals surface area contributed by atoms with Crippen molar-refractivity contribution in [3.05, 3.63) is 41.1 Å². The topological polar surface area (TPSA) is 85.5 Å². The first-order valence-electron chi connectivity index (χ1n) is 5.14. The maximum Gasteiger partial charge on any atom is 0.276 e. The number of rotatable bonds is 4. The summed E-state index contributed by atoms with van der Waals surface area (Å²) in [4.78, 5) is 11.7. The minimum Gasteiger partial charge on any atom is -0.392 e. The molecule has 3 N–H and O–H groups in total. The fraction of sp³-hybridized carbons (Fsp3) is 0.250. The van der Waals surface area contributed by atoms with E-state index in [1.807, 2.05) is 0 Å². The van der Waals surface area contributed by atoms with Gasteiger partial charge in [-0.15, -0.1) is 0 Å². The molecule has 0 saturated carbocycles. The average molecular weight is 233 g/mol. The maximum atomic E-state index is 11.7. The van der Waals surface area contributed by atoms with Gasteiger partial charge in [0.2, 0.25) is 0 Å². The van der Waals surface area contributed by atoms with E-state index in [1.165, 1.54) is 0 Å². The Morgan fingerprint density at radius 2 is 1.94 bits per heavy atom. The second-order valence-corrected chi connectivity index (χ2v) is 3.77. The molecule has 1 amide bonds. The average Bonchev–Trinajstić information content (AvgIpc) is 2.30. The van der Waals surface area contributed by atoms with Crippen molar-refractivity contribution in [3.8, 4) is 0 Å². The third kappa shape index (κ3) is 3.49. The zero-order valence-corrected chi connectivity index (χ0v) is 9.82. The molecule has 17 heavy (non-hydrogen) atoms. The van der Waals surface area contributed by atoms with Gasteiger partial charge in [0.25, 0.3) is 5.91 Å². The van der Waals surface area contributed by atoms with Gasteiger partial charge in [-0.1, -0.05) is 12.1 Å². The zero-order chi connectivity index (χ0) is 12.8. The quantitative estimate of drug-likeness (QED) is 0.551. The molecule has 5 nitrogen and oxygen atoms in total. The van der Waals surface area contributed by atoms with E-state index >= 15 is 0 Å². The number of aliphatic hydroxyl groups excluding tert-OH is 1. The van der Waals surface area contributed by atoms with Gasteiger partial charge in [-0.25, -0.2) is 5.53 Å². The first-order chi connectivity index (χ1) is 8.08. The lowest BCUT2D eigenvalue weighted by Crippen LogP contribution is -2.14. The molecule has 0 aliphatic carbocycles. The molecule has 5 heteroatoms. The number of nitrogens with one attached hydrogen (secondary N) is 2. The van der Waals surface area contributed by atoms with Gasteiger partial charge < -0.3 is 10.4 Å². The molecular weight excluding hydrogens is 218 g/mol. The third-order valence-corrected chi connectivity index (χ3v) is 2.19. The molecule has 0 aliphatic heterocycles. The van der Waals surface area contributed by atoms with Crippen LogP contribution in [0.3, 0.4) is 0 Å². The van der Waals surface area contributed by atoms with E-state index in [4.69, 9.17) is 10.6 Å². The molecule has 0 radical (unpaired) electrons. The number of carbonyl (C=O) groups excluding carboxylic acids is 1. The lowest BCUT2D eigenvalue weighted by Gasteiger charge is -2.06. The number of allylic oxidation sites excluding steroid dienone is 1. The molecule has 0 atom stereocenters. The van der Waals surface area contributed by atoms with E-state index < -0.39 is 5.91 Å². The Balaban J connectivity index is 2.81. The number of hydrogen-bond donors (Lipinski definition) is 3. The van der Waals surface area contributed by atoms with Gasteiger partial charge in [-0.3, -0.25) is 4.79 Å². The van der Waals surface area contributed by atoms with E-state index in [9.17, 15) is 4.79 Å². The molecule has 1 rings (SSSR count). The highest BCUT2D eigenvalue weighted by molar-refractivity contribution is 6.03. The Morgan fingerprint density at radius 1 is 1.35 bits per heavy atom. The zero-order valence-electron chi connectivity index (χ0n) is 9.82. The van der Waals surface area contributed by atoms with Crippen molar-refractivity contribution < 1.29 is 9.90 Å². The van der Waals surface area contributed by atoms with Crippen molar-refractivity contribution in [2.45, 2.75) is 20.5 Å². The fourth-order valence-corrected chi connectivity index (χ4v) is 1.27. The number of aliphatic hydroxyl groups is 1. The smallest absolute Gasteiger partial charge is 0.276 e. The molecule has 1 aromatic rings. The molecule has 0 saturated heterocycles. The summed E-state index contributed by atoms with van der Waals surface area (Å²) in [7, 11) is 0. The number of hydrogen-bond acceptors (Lipinski definition) is 4. The van der Waals surface area contributed by atoms with Crippen molar-refractivity contribution >= 4 is 11.6 Å². The Kier molecular flexibility index (Phi) is 4.54. The van der Waals surface area contributed by atoms with Crippen LogP contribution in [-0.2, 0) is 11.4 Å². The molecule has 0 aromatic heterocycles. The highest BCUT2D eigenvalue weighted by Crippen LogP contribution is 2.12. The van der Waals surface area contributed by atoms with E-state index in [0.29, 0.717) is 11.3 Å². The van der Waals surface area contributed by atoms with Crippen molar-refractivity contribution in [3.63, 3.8) is 0 Å². The van der Waals surface area contributed by atoms with Gasteiger partial charge in [0.05, 0.1) is 6.61 Å². The van der Waals surface area contributed by atoms with Gasteiger partial charge in [0.15, 0.2) is 0 Å². The summed E-state index contributed by atoms with van der Waals surface area (Å²) in [6, 6.07) is 6.82. The molecule has 0 bridgehead atoms. The highest BCUT2D eigenvalue weighted by atomic mass is 16.3. The van der Waals surface area contributed by atoms with Crippen LogP contribution in [0.2, 0.25) is 0 Å². The highest BCUT2D eigenvalue weighted by Gasteiger charge is 2.10. The van der Waals surface area contributed by atoms with Crippen molar-refractivity contribution in [1.29, 1.82) is 5.53 Å². The molecule has 90 valence electrons. The van der Waals surface area contributed by atoms with Gasteiger partial charge in [-0.2, -0.15) is 5.11 Å². The molecular formula is C12H15N3O2. The molecule has 0 fully saturated rings. The minimum atomic E-state index is -0.406. The normalized spacial score (nSPS) is 9.59. The number of anilines is 1. The van der Waals surface area contributed by atoms with Crippen molar-refractivity contribution in [1.82, 2.24) is 0 Å². The summed E-state index contributed by atoms with van der Waals surface area (Å²) in [5, 5.41) is 14.7. The van der Waals surface area contributed by atoms with Gasteiger partial charge in [0, 0.05) is 5.69 Å². The van der Waals surface area contributed by atoms with Crippen LogP contribution in [0.5, 0.6) is 0 Å². The molecule has 0 heterocycles. The Morgan fingerprint density at radius 3 is 2.35 bits per heavy atom. The Hall–Kier alpha value is -2.01. The lowest BCUT2D eigenvalue weighted by atomic mass is 10.2. The summed E-state index contributed by atoms with van der Waals surface area (Å²) in [6.45, 7) is 3.42.